The van der Waals surface area contributed by atoms with Gasteiger partial charge in [0.15, 0.2) is 5.82 Å². The van der Waals surface area contributed by atoms with E-state index in [9.17, 15) is 14.9 Å². The lowest BCUT2D eigenvalue weighted by atomic mass is 10.1. The summed E-state index contributed by atoms with van der Waals surface area (Å²) in [5.41, 5.74) is 9.03. The fourth-order valence-electron chi connectivity index (χ4n) is 4.85. The molecule has 0 aliphatic heterocycles. The van der Waals surface area contributed by atoms with Crippen LogP contribution in [-0.2, 0) is 11.3 Å². The normalized spacial score (nSPS) is 11.5. The Bertz CT molecular complexity index is 1900. The number of nitrogens with two attached hydrogens (primary N) is 1. The van der Waals surface area contributed by atoms with Crippen molar-refractivity contribution in [3.8, 4) is 11.8 Å². The molecule has 0 fully saturated rings. The molecule has 0 amide bonds. The molecule has 4 N–H and O–H groups in total. The Morgan fingerprint density at radius 3 is 2.47 bits per heavy atom. The zero-order chi connectivity index (χ0) is 30.5. The van der Waals surface area contributed by atoms with E-state index in [1.165, 1.54) is 7.11 Å². The molecular weight excluding hydrogens is 544 g/mol. The highest BCUT2D eigenvalue weighted by atomic mass is 16.5. The first-order valence-corrected chi connectivity index (χ1v) is 13.7. The molecule has 43 heavy (non-hydrogen) atoms. The fourth-order valence-corrected chi connectivity index (χ4v) is 4.85. The van der Waals surface area contributed by atoms with E-state index in [0.29, 0.717) is 52.5 Å². The average molecular weight is 575 g/mol. The van der Waals surface area contributed by atoms with E-state index in [1.54, 1.807) is 29.7 Å². The molecule has 1 atom stereocenters. The maximum absolute atomic E-state index is 14.3. The second-order valence-corrected chi connectivity index (χ2v) is 9.78. The Balaban J connectivity index is 1.60. The zero-order valence-electron chi connectivity index (χ0n) is 24.0. The van der Waals surface area contributed by atoms with Gasteiger partial charge < -0.3 is 21.1 Å². The van der Waals surface area contributed by atoms with E-state index in [1.807, 2.05) is 61.5 Å². The number of esters is 1. The van der Waals surface area contributed by atoms with Crippen LogP contribution in [0.1, 0.15) is 52.5 Å². The molecule has 2 heterocycles. The molecular formula is C32H30N8O3. The van der Waals surface area contributed by atoms with Crippen molar-refractivity contribution in [2.45, 2.75) is 32.9 Å². The Morgan fingerprint density at radius 1 is 1.05 bits per heavy atom. The van der Waals surface area contributed by atoms with E-state index in [4.69, 9.17) is 15.5 Å². The number of aromatic nitrogens is 4. The molecule has 3 aromatic carbocycles. The minimum atomic E-state index is -0.497. The number of nitrogens with zero attached hydrogens (tertiary/aromatic N) is 5. The first-order chi connectivity index (χ1) is 20.8. The number of para-hydroxylation sites is 1. The quantitative estimate of drug-likeness (QED) is 0.207. The van der Waals surface area contributed by atoms with Gasteiger partial charge in [-0.3, -0.25) is 9.36 Å². The Labute approximate surface area is 248 Å². The van der Waals surface area contributed by atoms with Gasteiger partial charge in [0.05, 0.1) is 35.3 Å². The standard InChI is InChI=1S/C32H30N8O3/c1-4-24(38-29-23(17-33)28(34)36-19(2)37-29)30-39-26-12-8-11-25(27(26)31(41)40(30)22-9-6-5-7-10-22)35-18-20-13-15-21(16-14-20)32(42)43-3/h5-16,24,35H,4,18H2,1-3H3,(H3,34,36,37,38)/t24-/m0/s1. The number of nitrogens with one attached hydrogen (secondary N) is 2. The van der Waals surface area contributed by atoms with E-state index in [0.717, 1.165) is 5.56 Å². The number of hydrogen-bond donors (Lipinski definition) is 3. The van der Waals surface area contributed by atoms with Gasteiger partial charge in [0.1, 0.15) is 29.1 Å². The number of hydrogen-bond acceptors (Lipinski definition) is 10. The van der Waals surface area contributed by atoms with Gasteiger partial charge in [0.25, 0.3) is 5.56 Å². The number of fused-ring (bicyclic) bond motifs is 1. The molecule has 11 heteroatoms. The van der Waals surface area contributed by atoms with Crippen LogP contribution >= 0.6 is 0 Å². The second-order valence-electron chi connectivity index (χ2n) is 9.78. The Kier molecular flexibility index (Phi) is 8.29. The maximum Gasteiger partial charge on any atom is 0.337 e. The van der Waals surface area contributed by atoms with E-state index in [-0.39, 0.29) is 22.8 Å². The summed E-state index contributed by atoms with van der Waals surface area (Å²) in [4.78, 5) is 39.6. The highest BCUT2D eigenvalue weighted by Crippen LogP contribution is 2.28. The molecule has 216 valence electrons. The number of benzene rings is 3. The van der Waals surface area contributed by atoms with E-state index < -0.39 is 12.0 Å². The van der Waals surface area contributed by atoms with Crippen LogP contribution in [0.25, 0.3) is 16.6 Å². The van der Waals surface area contributed by atoms with Crippen LogP contribution in [0.2, 0.25) is 0 Å². The molecule has 0 bridgehead atoms. The third kappa shape index (κ3) is 5.85. The second kappa shape index (κ2) is 12.4. The van der Waals surface area contributed by atoms with Crippen LogP contribution in [0.15, 0.2) is 77.6 Å². The van der Waals surface area contributed by atoms with Crippen molar-refractivity contribution in [2.24, 2.45) is 0 Å². The number of methoxy groups -OCH3 is 1. The number of carbonyl (C=O) groups excluding carboxylic acids is 1. The first kappa shape index (κ1) is 28.8. The van der Waals surface area contributed by atoms with Crippen molar-refractivity contribution >= 4 is 34.2 Å². The molecule has 0 aliphatic carbocycles. The summed E-state index contributed by atoms with van der Waals surface area (Å²) in [6.07, 6.45) is 0.526. The molecule has 0 spiro atoms. The molecule has 5 aromatic rings. The SMILES string of the molecule is CC[C@H](Nc1nc(C)nc(N)c1C#N)c1nc2cccc(NCc3ccc(C(=O)OC)cc3)c2c(=O)n1-c1ccccc1. The Hall–Kier alpha value is -5.76. The van der Waals surface area contributed by atoms with Gasteiger partial charge in [-0.05, 0) is 55.3 Å². The summed E-state index contributed by atoms with van der Waals surface area (Å²) in [6.45, 7) is 4.06. The van der Waals surface area contributed by atoms with Crippen LogP contribution in [0.5, 0.6) is 0 Å². The minimum Gasteiger partial charge on any atom is -0.465 e. The van der Waals surface area contributed by atoms with Crippen molar-refractivity contribution in [3.05, 3.63) is 111 Å². The van der Waals surface area contributed by atoms with Crippen molar-refractivity contribution in [1.29, 1.82) is 5.26 Å². The van der Waals surface area contributed by atoms with Gasteiger partial charge in [-0.2, -0.15) is 5.26 Å². The maximum atomic E-state index is 14.3. The number of nitriles is 1. The van der Waals surface area contributed by atoms with Gasteiger partial charge in [-0.15, -0.1) is 0 Å². The van der Waals surface area contributed by atoms with Gasteiger partial charge in [-0.1, -0.05) is 43.3 Å². The lowest BCUT2D eigenvalue weighted by Crippen LogP contribution is -2.29. The van der Waals surface area contributed by atoms with Gasteiger partial charge in [0.2, 0.25) is 0 Å². The molecule has 11 nitrogen and oxygen atoms in total. The third-order valence-electron chi connectivity index (χ3n) is 6.99. The molecule has 0 saturated heterocycles. The fraction of sp³-hybridized carbons (Fsp3) is 0.188. The monoisotopic (exact) mass is 574 g/mol. The molecule has 5 rings (SSSR count). The van der Waals surface area contributed by atoms with Gasteiger partial charge in [0, 0.05) is 12.2 Å². The summed E-state index contributed by atoms with van der Waals surface area (Å²) in [5, 5.41) is 16.8. The lowest BCUT2D eigenvalue weighted by molar-refractivity contribution is 0.0600. The molecule has 0 radical (unpaired) electrons. The molecule has 0 aliphatic rings. The lowest BCUT2D eigenvalue weighted by Gasteiger charge is -2.23. The number of anilines is 3. The highest BCUT2D eigenvalue weighted by molar-refractivity contribution is 5.91. The number of nitrogen functional groups attached to an aromatic ring is 1. The number of carbonyl (C=O) groups is 1. The molecule has 2 aromatic heterocycles. The smallest absolute Gasteiger partial charge is 0.337 e. The van der Waals surface area contributed by atoms with E-state index >= 15 is 0 Å². The summed E-state index contributed by atoms with van der Waals surface area (Å²) in [7, 11) is 1.34. The summed E-state index contributed by atoms with van der Waals surface area (Å²) in [6, 6.07) is 23.4. The minimum absolute atomic E-state index is 0.0786. The van der Waals surface area contributed by atoms with Crippen LogP contribution in [-0.4, -0.2) is 32.6 Å². The molecule has 0 saturated carbocycles. The predicted octanol–water partition coefficient (Wildman–Crippen LogP) is 4.90. The van der Waals surface area contributed by atoms with Crippen LogP contribution < -0.4 is 21.9 Å². The van der Waals surface area contributed by atoms with E-state index in [2.05, 4.69) is 26.7 Å². The zero-order valence-corrected chi connectivity index (χ0v) is 24.0. The largest absolute Gasteiger partial charge is 0.465 e. The number of aryl methyl sites for hydroxylation is 1. The van der Waals surface area contributed by atoms with Crippen molar-refractivity contribution in [3.63, 3.8) is 0 Å². The Morgan fingerprint density at radius 2 is 1.79 bits per heavy atom. The predicted molar refractivity (Wildman–Crippen MR) is 165 cm³/mol. The summed E-state index contributed by atoms with van der Waals surface area (Å²) in [5.74, 6) is 0.827. The van der Waals surface area contributed by atoms with Crippen LogP contribution in [0.4, 0.5) is 17.3 Å². The van der Waals surface area contributed by atoms with Crippen LogP contribution in [0, 0.1) is 18.3 Å². The summed E-state index contributed by atoms with van der Waals surface area (Å²) >= 11 is 0. The topological polar surface area (TPSA) is 161 Å². The van der Waals surface area contributed by atoms with Crippen molar-refractivity contribution < 1.29 is 9.53 Å². The summed E-state index contributed by atoms with van der Waals surface area (Å²) < 4.78 is 6.36. The average Bonchev–Trinajstić information content (AvgIpc) is 3.02. The van der Waals surface area contributed by atoms with Crippen LogP contribution in [0.3, 0.4) is 0 Å². The van der Waals surface area contributed by atoms with Gasteiger partial charge >= 0.3 is 5.97 Å². The van der Waals surface area contributed by atoms with Crippen molar-refractivity contribution in [1.82, 2.24) is 19.5 Å². The van der Waals surface area contributed by atoms with Gasteiger partial charge in [-0.25, -0.2) is 19.7 Å². The van der Waals surface area contributed by atoms with Crippen molar-refractivity contribution in [2.75, 3.05) is 23.5 Å². The molecule has 0 unspecified atom stereocenters. The number of ether oxygens (including phenoxy) is 1. The third-order valence-corrected chi connectivity index (χ3v) is 6.99. The number of rotatable bonds is 9. The highest BCUT2D eigenvalue weighted by Gasteiger charge is 2.23. The first-order valence-electron chi connectivity index (χ1n) is 13.7.